The maximum absolute atomic E-state index is 12.8. The number of hydrogen-bond acceptors (Lipinski definition) is 4. The van der Waals surface area contributed by atoms with Crippen molar-refractivity contribution in [2.45, 2.75) is 6.54 Å². The fraction of sp³-hybridized carbons (Fsp3) is 0.250. The molecule has 0 atom stereocenters. The third-order valence-corrected chi connectivity index (χ3v) is 6.00. The number of halogens is 1. The number of fused-ring (bicyclic) bond motifs is 1. The summed E-state index contributed by atoms with van der Waals surface area (Å²) >= 11 is 5.96. The highest BCUT2D eigenvalue weighted by atomic mass is 35.5. The number of benzene rings is 1. The van der Waals surface area contributed by atoms with E-state index in [-0.39, 0.29) is 5.56 Å². The third kappa shape index (κ3) is 3.96. The molecule has 7 heteroatoms. The lowest BCUT2D eigenvalue weighted by Gasteiger charge is -2.28. The maximum Gasteiger partial charge on any atom is 0.251 e. The highest BCUT2D eigenvalue weighted by molar-refractivity contribution is 6.30. The van der Waals surface area contributed by atoms with Crippen LogP contribution in [-0.2, 0) is 18.3 Å². The lowest BCUT2D eigenvalue weighted by atomic mass is 10.1. The van der Waals surface area contributed by atoms with Crippen LogP contribution >= 0.6 is 11.6 Å². The van der Waals surface area contributed by atoms with Crippen molar-refractivity contribution in [1.29, 1.82) is 0 Å². The number of nitrogens with zero attached hydrogens (tertiary/aromatic N) is 4. The predicted molar refractivity (Wildman–Crippen MR) is 124 cm³/mol. The summed E-state index contributed by atoms with van der Waals surface area (Å²) < 4.78 is 9.18. The number of anilines is 1. The van der Waals surface area contributed by atoms with Crippen molar-refractivity contribution in [2.75, 3.05) is 31.2 Å². The largest absolute Gasteiger partial charge is 0.378 e. The molecule has 0 saturated carbocycles. The van der Waals surface area contributed by atoms with Crippen LogP contribution in [0.3, 0.4) is 0 Å². The molecule has 31 heavy (non-hydrogen) atoms. The normalized spacial score (nSPS) is 14.3. The summed E-state index contributed by atoms with van der Waals surface area (Å²) in [6, 6.07) is 13.4. The third-order valence-electron chi connectivity index (χ3n) is 5.75. The van der Waals surface area contributed by atoms with Gasteiger partial charge in [-0.05, 0) is 35.4 Å². The van der Waals surface area contributed by atoms with Crippen molar-refractivity contribution in [3.05, 3.63) is 82.0 Å². The maximum atomic E-state index is 12.8. The van der Waals surface area contributed by atoms with Gasteiger partial charge in [-0.25, -0.2) is 4.98 Å². The molecule has 0 N–H and O–H groups in total. The summed E-state index contributed by atoms with van der Waals surface area (Å²) in [5.41, 5.74) is 4.88. The molecule has 1 aromatic carbocycles. The molecule has 0 radical (unpaired) electrons. The van der Waals surface area contributed by atoms with Crippen molar-refractivity contribution < 1.29 is 4.74 Å². The quantitative estimate of drug-likeness (QED) is 0.488. The van der Waals surface area contributed by atoms with Crippen LogP contribution in [0.4, 0.5) is 5.69 Å². The van der Waals surface area contributed by atoms with E-state index in [0.717, 1.165) is 59.7 Å². The highest BCUT2D eigenvalue weighted by Crippen LogP contribution is 2.31. The first-order chi connectivity index (χ1) is 15.1. The molecule has 0 bridgehead atoms. The number of hydrogen-bond donors (Lipinski definition) is 0. The molecule has 0 unspecified atom stereocenters. The molecule has 1 fully saturated rings. The molecule has 4 heterocycles. The van der Waals surface area contributed by atoms with Crippen molar-refractivity contribution in [2.24, 2.45) is 7.05 Å². The second-order valence-electron chi connectivity index (χ2n) is 7.83. The van der Waals surface area contributed by atoms with Crippen molar-refractivity contribution in [3.63, 3.8) is 0 Å². The van der Waals surface area contributed by atoms with E-state index in [0.29, 0.717) is 11.6 Å². The van der Waals surface area contributed by atoms with Crippen LogP contribution in [0.25, 0.3) is 22.2 Å². The number of rotatable bonds is 4. The molecule has 1 saturated heterocycles. The summed E-state index contributed by atoms with van der Waals surface area (Å²) in [6.07, 6.45) is 5.81. The Bertz CT molecular complexity index is 1290. The molecule has 0 amide bonds. The van der Waals surface area contributed by atoms with Gasteiger partial charge in [-0.2, -0.15) is 0 Å². The number of aryl methyl sites for hydroxylation is 1. The molecule has 158 valence electrons. The lowest BCUT2D eigenvalue weighted by Crippen LogP contribution is -2.36. The van der Waals surface area contributed by atoms with Crippen LogP contribution in [0.1, 0.15) is 5.56 Å². The summed E-state index contributed by atoms with van der Waals surface area (Å²) in [7, 11) is 1.98. The molecule has 4 aromatic rings. The molecule has 1 aliphatic rings. The van der Waals surface area contributed by atoms with Crippen molar-refractivity contribution >= 4 is 28.3 Å². The van der Waals surface area contributed by atoms with Crippen LogP contribution in [0.5, 0.6) is 0 Å². The van der Waals surface area contributed by atoms with Crippen LogP contribution < -0.4 is 10.5 Å². The molecular formula is C24H23ClN4O2. The van der Waals surface area contributed by atoms with Crippen molar-refractivity contribution in [1.82, 2.24) is 14.1 Å². The molecule has 3 aromatic heterocycles. The van der Waals surface area contributed by atoms with Gasteiger partial charge in [-0.1, -0.05) is 23.7 Å². The van der Waals surface area contributed by atoms with Gasteiger partial charge in [0.1, 0.15) is 5.65 Å². The zero-order chi connectivity index (χ0) is 21.4. The number of morpholine rings is 1. The SMILES string of the molecule is Cn1cc(-c2ccn(Cc3ccc(Cl)cc3)c(=O)c2)c2cc(N3CCOCC3)cnc21. The van der Waals surface area contributed by atoms with E-state index >= 15 is 0 Å². The highest BCUT2D eigenvalue weighted by Gasteiger charge is 2.16. The van der Waals surface area contributed by atoms with Gasteiger partial charge >= 0.3 is 0 Å². The van der Waals surface area contributed by atoms with Crippen LogP contribution in [0, 0.1) is 0 Å². The van der Waals surface area contributed by atoms with E-state index < -0.39 is 0 Å². The van der Waals surface area contributed by atoms with Crippen LogP contribution in [-0.4, -0.2) is 40.4 Å². The Morgan fingerprint density at radius 3 is 2.61 bits per heavy atom. The Morgan fingerprint density at radius 2 is 1.87 bits per heavy atom. The molecule has 5 rings (SSSR count). The smallest absolute Gasteiger partial charge is 0.251 e. The average molecular weight is 435 g/mol. The van der Waals surface area contributed by atoms with Gasteiger partial charge in [0.2, 0.25) is 0 Å². The Kier molecular flexibility index (Phi) is 5.26. The summed E-state index contributed by atoms with van der Waals surface area (Å²) in [4.78, 5) is 19.8. The summed E-state index contributed by atoms with van der Waals surface area (Å²) in [5.74, 6) is 0. The zero-order valence-corrected chi connectivity index (χ0v) is 18.0. The second-order valence-corrected chi connectivity index (χ2v) is 8.26. The van der Waals surface area contributed by atoms with Gasteiger partial charge in [0.25, 0.3) is 5.56 Å². The first kappa shape index (κ1) is 19.8. The minimum atomic E-state index is -0.0400. The van der Waals surface area contributed by atoms with Crippen molar-refractivity contribution in [3.8, 4) is 11.1 Å². The Hall–Kier alpha value is -3.09. The fourth-order valence-corrected chi connectivity index (χ4v) is 4.19. The Morgan fingerprint density at radius 1 is 1.10 bits per heavy atom. The van der Waals surface area contributed by atoms with E-state index in [1.54, 1.807) is 10.6 Å². The topological polar surface area (TPSA) is 52.3 Å². The minimum Gasteiger partial charge on any atom is -0.378 e. The van der Waals surface area contributed by atoms with Crippen LogP contribution in [0.15, 0.2) is 65.8 Å². The molecular weight excluding hydrogens is 412 g/mol. The first-order valence-corrected chi connectivity index (χ1v) is 10.7. The standard InChI is InChI=1S/C24H23ClN4O2/c1-27-16-22(21-13-20(14-26-24(21)27)28-8-10-31-11-9-28)18-6-7-29(23(30)12-18)15-17-2-4-19(25)5-3-17/h2-7,12-14,16H,8-11,15H2,1H3. The fourth-order valence-electron chi connectivity index (χ4n) is 4.07. The first-order valence-electron chi connectivity index (χ1n) is 10.3. The lowest BCUT2D eigenvalue weighted by molar-refractivity contribution is 0.122. The van der Waals surface area contributed by atoms with E-state index in [9.17, 15) is 4.79 Å². The number of ether oxygens (including phenoxy) is 1. The number of pyridine rings is 2. The molecule has 1 aliphatic heterocycles. The van der Waals surface area contributed by atoms with E-state index in [1.807, 2.05) is 60.5 Å². The average Bonchev–Trinajstić information content (AvgIpc) is 3.13. The van der Waals surface area contributed by atoms with Gasteiger partial charge in [-0.15, -0.1) is 0 Å². The molecule has 0 spiro atoms. The van der Waals surface area contributed by atoms with E-state index in [4.69, 9.17) is 21.3 Å². The summed E-state index contributed by atoms with van der Waals surface area (Å²) in [5, 5.41) is 1.73. The van der Waals surface area contributed by atoms with Gasteiger partial charge in [-0.3, -0.25) is 4.79 Å². The minimum absolute atomic E-state index is 0.0400. The Balaban J connectivity index is 1.50. The van der Waals surface area contributed by atoms with Gasteiger partial charge in [0, 0.05) is 54.6 Å². The molecule has 6 nitrogen and oxygen atoms in total. The summed E-state index contributed by atoms with van der Waals surface area (Å²) in [6.45, 7) is 3.68. The van der Waals surface area contributed by atoms with Crippen LogP contribution in [0.2, 0.25) is 5.02 Å². The van der Waals surface area contributed by atoms with Gasteiger partial charge in [0.05, 0.1) is 31.6 Å². The van der Waals surface area contributed by atoms with E-state index in [2.05, 4.69) is 11.0 Å². The van der Waals surface area contributed by atoms with Gasteiger partial charge in [0.15, 0.2) is 0 Å². The predicted octanol–water partition coefficient (Wildman–Crippen LogP) is 3.94. The molecule has 0 aliphatic carbocycles. The van der Waals surface area contributed by atoms with E-state index in [1.165, 1.54) is 0 Å². The Labute approximate surface area is 185 Å². The second kappa shape index (κ2) is 8.21. The van der Waals surface area contributed by atoms with Gasteiger partial charge < -0.3 is 18.8 Å². The monoisotopic (exact) mass is 434 g/mol. The number of aromatic nitrogens is 3. The zero-order valence-electron chi connectivity index (χ0n) is 17.3.